The molecule has 116 valence electrons. The molecule has 0 saturated heterocycles. The van der Waals surface area contributed by atoms with Gasteiger partial charge in [0.15, 0.2) is 0 Å². The van der Waals surface area contributed by atoms with Gasteiger partial charge < -0.3 is 0 Å². The first-order valence-electron chi connectivity index (χ1n) is 7.86. The van der Waals surface area contributed by atoms with Crippen LogP contribution < -0.4 is 5.43 Å². The molecule has 2 atom stereocenters. The third-order valence-corrected chi connectivity index (χ3v) is 4.44. The number of rotatable bonds is 3. The largest absolute Gasteiger partial charge is 0.299 e. The van der Waals surface area contributed by atoms with E-state index in [2.05, 4.69) is 36.5 Å². The van der Waals surface area contributed by atoms with Crippen LogP contribution in [-0.4, -0.2) is 17.4 Å². The lowest BCUT2D eigenvalue weighted by Crippen LogP contribution is -2.31. The number of nitrogens with zero attached hydrogens (tertiary/aromatic N) is 1. The molecule has 1 amide bonds. The van der Waals surface area contributed by atoms with Crippen LogP contribution in [0.15, 0.2) is 35.4 Å². The fourth-order valence-corrected chi connectivity index (χ4v) is 3.35. The molecule has 0 spiro atoms. The summed E-state index contributed by atoms with van der Waals surface area (Å²) in [5.74, 6) is 0.500. The van der Waals surface area contributed by atoms with Gasteiger partial charge in [-0.05, 0) is 29.7 Å². The summed E-state index contributed by atoms with van der Waals surface area (Å²) < 4.78 is 0. The summed E-state index contributed by atoms with van der Waals surface area (Å²) in [6.45, 7) is 4.13. The van der Waals surface area contributed by atoms with Crippen molar-refractivity contribution in [2.75, 3.05) is 0 Å². The molecule has 0 aliphatic heterocycles. The molecule has 2 aliphatic rings. The molecular weight excluding hydrogens is 276 g/mol. The van der Waals surface area contributed by atoms with Crippen LogP contribution in [0, 0.1) is 11.3 Å². The Labute approximate surface area is 131 Å². The normalized spacial score (nSPS) is 28.5. The van der Waals surface area contributed by atoms with Gasteiger partial charge in [-0.1, -0.05) is 44.2 Å². The number of carbonyl (C=O) groups is 2. The molecule has 0 aromatic heterocycles. The molecule has 2 saturated carbocycles. The third-order valence-electron chi connectivity index (χ3n) is 4.44. The number of benzene rings is 1. The topological polar surface area (TPSA) is 58.5 Å². The van der Waals surface area contributed by atoms with Gasteiger partial charge in [-0.25, -0.2) is 5.43 Å². The van der Waals surface area contributed by atoms with Crippen LogP contribution >= 0.6 is 0 Å². The van der Waals surface area contributed by atoms with Crippen LogP contribution in [0.5, 0.6) is 0 Å². The van der Waals surface area contributed by atoms with Crippen molar-refractivity contribution < 1.29 is 9.59 Å². The summed E-state index contributed by atoms with van der Waals surface area (Å²) in [4.78, 5) is 23.9. The fourth-order valence-electron chi connectivity index (χ4n) is 3.35. The van der Waals surface area contributed by atoms with Crippen LogP contribution in [0.25, 0.3) is 0 Å². The highest BCUT2D eigenvalue weighted by atomic mass is 16.2. The Morgan fingerprint density at radius 2 is 1.95 bits per heavy atom. The van der Waals surface area contributed by atoms with E-state index in [-0.39, 0.29) is 23.0 Å². The second-order valence-electron chi connectivity index (χ2n) is 7.25. The Kier molecular flexibility index (Phi) is 3.85. The van der Waals surface area contributed by atoms with Gasteiger partial charge in [-0.15, -0.1) is 0 Å². The first-order chi connectivity index (χ1) is 10.4. The van der Waals surface area contributed by atoms with E-state index in [0.29, 0.717) is 18.8 Å². The summed E-state index contributed by atoms with van der Waals surface area (Å²) >= 11 is 0. The van der Waals surface area contributed by atoms with Gasteiger partial charge >= 0.3 is 0 Å². The van der Waals surface area contributed by atoms with Crippen LogP contribution in [0.3, 0.4) is 0 Å². The van der Waals surface area contributed by atoms with Crippen molar-refractivity contribution >= 4 is 17.4 Å². The molecule has 4 heteroatoms. The molecule has 1 N–H and O–H groups in total. The van der Waals surface area contributed by atoms with Gasteiger partial charge in [0.1, 0.15) is 5.78 Å². The molecule has 0 bridgehead atoms. The van der Waals surface area contributed by atoms with E-state index in [1.807, 2.05) is 18.2 Å². The van der Waals surface area contributed by atoms with Crippen molar-refractivity contribution in [3.63, 3.8) is 0 Å². The summed E-state index contributed by atoms with van der Waals surface area (Å²) in [5.41, 5.74) is 4.63. The van der Waals surface area contributed by atoms with Crippen LogP contribution in [0.1, 0.15) is 51.0 Å². The molecule has 22 heavy (non-hydrogen) atoms. The van der Waals surface area contributed by atoms with E-state index in [0.717, 1.165) is 18.6 Å². The second kappa shape index (κ2) is 5.67. The van der Waals surface area contributed by atoms with Gasteiger partial charge in [0, 0.05) is 24.5 Å². The summed E-state index contributed by atoms with van der Waals surface area (Å²) in [6.07, 6.45) is 2.62. The van der Waals surface area contributed by atoms with Crippen molar-refractivity contribution in [1.82, 2.24) is 5.43 Å². The van der Waals surface area contributed by atoms with Crippen molar-refractivity contribution in [3.8, 4) is 0 Å². The zero-order valence-corrected chi connectivity index (χ0v) is 13.1. The van der Waals surface area contributed by atoms with Gasteiger partial charge in [-0.3, -0.25) is 9.59 Å². The number of hydrogen-bond acceptors (Lipinski definition) is 3. The molecule has 2 aliphatic carbocycles. The molecule has 0 radical (unpaired) electrons. The first-order valence-corrected chi connectivity index (χ1v) is 7.86. The quantitative estimate of drug-likeness (QED) is 0.872. The Morgan fingerprint density at radius 1 is 1.23 bits per heavy atom. The van der Waals surface area contributed by atoms with E-state index >= 15 is 0 Å². The number of hydrazone groups is 1. The number of hydrogen-bond donors (Lipinski definition) is 1. The third kappa shape index (κ3) is 3.43. The van der Waals surface area contributed by atoms with Crippen molar-refractivity contribution in [2.24, 2.45) is 16.4 Å². The number of ketones is 1. The second-order valence-corrected chi connectivity index (χ2v) is 7.25. The Balaban J connectivity index is 1.57. The maximum absolute atomic E-state index is 12.2. The van der Waals surface area contributed by atoms with Crippen LogP contribution in [-0.2, 0) is 9.59 Å². The Hall–Kier alpha value is -1.97. The Bertz CT molecular complexity index is 619. The lowest BCUT2D eigenvalue weighted by molar-refractivity contribution is -0.123. The SMILES string of the molecule is CC1(C)CC(=O)C/C(=N/NC(=O)[C@@H]2C[C@@H]2c2ccccc2)C1. The standard InChI is InChI=1S/C18H22N2O2/c1-18(2)10-13(8-14(21)11-18)19-20-17(22)16-9-15(16)12-6-4-3-5-7-12/h3-7,15-16H,8-11H2,1-2H3,(H,20,22)/b19-13-/t15-,16-/m1/s1. The lowest BCUT2D eigenvalue weighted by Gasteiger charge is -2.29. The molecule has 1 aromatic rings. The zero-order valence-electron chi connectivity index (χ0n) is 13.1. The number of amides is 1. The summed E-state index contributed by atoms with van der Waals surface area (Å²) in [7, 11) is 0. The molecule has 4 nitrogen and oxygen atoms in total. The smallest absolute Gasteiger partial charge is 0.243 e. The van der Waals surface area contributed by atoms with E-state index in [1.54, 1.807) is 0 Å². The van der Waals surface area contributed by atoms with Crippen molar-refractivity contribution in [1.29, 1.82) is 0 Å². The monoisotopic (exact) mass is 298 g/mol. The Morgan fingerprint density at radius 3 is 2.64 bits per heavy atom. The molecular formula is C18H22N2O2. The zero-order chi connectivity index (χ0) is 15.7. The van der Waals surface area contributed by atoms with Crippen molar-refractivity contribution in [3.05, 3.63) is 35.9 Å². The van der Waals surface area contributed by atoms with E-state index in [4.69, 9.17) is 0 Å². The maximum atomic E-state index is 12.2. The van der Waals surface area contributed by atoms with Gasteiger partial charge in [0.2, 0.25) is 5.91 Å². The minimum Gasteiger partial charge on any atom is -0.299 e. The van der Waals surface area contributed by atoms with E-state index in [9.17, 15) is 9.59 Å². The maximum Gasteiger partial charge on any atom is 0.243 e. The van der Waals surface area contributed by atoms with E-state index < -0.39 is 0 Å². The van der Waals surface area contributed by atoms with Crippen LogP contribution in [0.4, 0.5) is 0 Å². The molecule has 1 aromatic carbocycles. The number of carbonyl (C=O) groups excluding carboxylic acids is 2. The highest BCUT2D eigenvalue weighted by Gasteiger charge is 2.44. The molecule has 2 fully saturated rings. The average Bonchev–Trinajstić information content (AvgIpc) is 3.24. The van der Waals surface area contributed by atoms with Gasteiger partial charge in [0.25, 0.3) is 0 Å². The van der Waals surface area contributed by atoms with Gasteiger partial charge in [-0.2, -0.15) is 5.10 Å². The summed E-state index contributed by atoms with van der Waals surface area (Å²) in [6, 6.07) is 10.1. The minimum absolute atomic E-state index is 0.0130. The molecule has 3 rings (SSSR count). The van der Waals surface area contributed by atoms with Crippen LogP contribution in [0.2, 0.25) is 0 Å². The molecule has 0 heterocycles. The predicted octanol–water partition coefficient (Wildman–Crippen LogP) is 3.04. The molecule has 0 unspecified atom stereocenters. The number of nitrogens with one attached hydrogen (secondary N) is 1. The lowest BCUT2D eigenvalue weighted by atomic mass is 9.76. The van der Waals surface area contributed by atoms with E-state index in [1.165, 1.54) is 5.56 Å². The number of Topliss-reactive ketones (excluding diaryl/α,β-unsaturated/α-hetero) is 1. The summed E-state index contributed by atoms with van der Waals surface area (Å²) in [5, 5.41) is 4.21. The van der Waals surface area contributed by atoms with Crippen molar-refractivity contribution in [2.45, 2.75) is 45.4 Å². The highest BCUT2D eigenvalue weighted by Crippen LogP contribution is 2.47. The average molecular weight is 298 g/mol. The predicted molar refractivity (Wildman–Crippen MR) is 85.5 cm³/mol. The minimum atomic E-state index is -0.0505. The fraction of sp³-hybridized carbons (Fsp3) is 0.500. The van der Waals surface area contributed by atoms with Gasteiger partial charge in [0.05, 0.1) is 0 Å². The first kappa shape index (κ1) is 14.9. The highest BCUT2D eigenvalue weighted by molar-refractivity contribution is 6.05.